The van der Waals surface area contributed by atoms with E-state index in [9.17, 15) is 19.5 Å². The molecule has 2 aromatic carbocycles. The average molecular weight is 681 g/mol. The van der Waals surface area contributed by atoms with Gasteiger partial charge in [-0.3, -0.25) is 14.4 Å². The molecule has 0 aromatic heterocycles. The van der Waals surface area contributed by atoms with E-state index in [0.29, 0.717) is 26.1 Å². The molecule has 3 amide bonds. The fraction of sp³-hybridized carbons (Fsp3) is 0.457. The first-order valence-electron chi connectivity index (χ1n) is 15.5. The lowest BCUT2D eigenvalue weighted by atomic mass is 9.70. The number of aliphatic hydroxyl groups excluding tert-OH is 1. The van der Waals surface area contributed by atoms with E-state index in [1.807, 2.05) is 65.6 Å². The zero-order chi connectivity index (χ0) is 31.4. The highest BCUT2D eigenvalue weighted by Crippen LogP contribution is 2.68. The van der Waals surface area contributed by atoms with Crippen molar-refractivity contribution in [3.63, 3.8) is 0 Å². The van der Waals surface area contributed by atoms with Gasteiger partial charge in [0.05, 0.1) is 29.2 Å². The number of amides is 3. The Morgan fingerprint density at radius 3 is 2.34 bits per heavy atom. The lowest BCUT2D eigenvalue weighted by Crippen LogP contribution is -2.56. The first-order valence-corrected chi connectivity index (χ1v) is 17.3. The number of halogens is 1. The Hall–Kier alpha value is -2.88. The van der Waals surface area contributed by atoms with E-state index in [2.05, 4.69) is 36.0 Å². The summed E-state index contributed by atoms with van der Waals surface area (Å²) in [5, 5.41) is 10.6. The van der Waals surface area contributed by atoms with Gasteiger partial charge < -0.3 is 19.8 Å². The quantitative estimate of drug-likeness (QED) is 0.160. The van der Waals surface area contributed by atoms with Crippen LogP contribution in [0.2, 0.25) is 0 Å². The SMILES string of the molecule is C=CCN(CCCCC)C(=O)C1N([C@H](CO)c2ccccc2)C(=O)[C@@H]2[C@@H](C(=O)N(CC=C)c3ccccc3)[C@@H]3SC12CC3Br. The number of para-hydroxylation sites is 1. The summed E-state index contributed by atoms with van der Waals surface area (Å²) in [6.45, 7) is 10.8. The van der Waals surface area contributed by atoms with Gasteiger partial charge in [-0.2, -0.15) is 0 Å². The summed E-state index contributed by atoms with van der Waals surface area (Å²) < 4.78 is -0.823. The molecule has 44 heavy (non-hydrogen) atoms. The normalized spacial score (nSPS) is 27.6. The smallest absolute Gasteiger partial charge is 0.247 e. The number of benzene rings is 2. The van der Waals surface area contributed by atoms with Gasteiger partial charge in [0, 0.05) is 35.4 Å². The van der Waals surface area contributed by atoms with Crippen LogP contribution < -0.4 is 4.90 Å². The number of anilines is 1. The zero-order valence-corrected chi connectivity index (χ0v) is 27.7. The maximum absolute atomic E-state index is 14.8. The molecular formula is C35H42BrN3O4S. The maximum Gasteiger partial charge on any atom is 0.247 e. The molecule has 2 bridgehead atoms. The van der Waals surface area contributed by atoms with E-state index in [0.717, 1.165) is 30.5 Å². The molecule has 3 aliphatic rings. The van der Waals surface area contributed by atoms with Crippen LogP contribution in [0.4, 0.5) is 5.69 Å². The number of nitrogens with zero attached hydrogens (tertiary/aromatic N) is 3. The molecule has 2 aromatic rings. The van der Waals surface area contributed by atoms with Crippen molar-refractivity contribution in [3.8, 4) is 0 Å². The van der Waals surface area contributed by atoms with Crippen LogP contribution in [0.1, 0.15) is 44.2 Å². The van der Waals surface area contributed by atoms with Crippen LogP contribution in [0.15, 0.2) is 86.0 Å². The minimum Gasteiger partial charge on any atom is -0.394 e. The van der Waals surface area contributed by atoms with Gasteiger partial charge in [-0.05, 0) is 30.5 Å². The maximum atomic E-state index is 14.8. The van der Waals surface area contributed by atoms with Gasteiger partial charge in [-0.25, -0.2) is 0 Å². The highest BCUT2D eigenvalue weighted by Gasteiger charge is 2.76. The first-order chi connectivity index (χ1) is 21.3. The largest absolute Gasteiger partial charge is 0.394 e. The molecule has 0 aliphatic carbocycles. The van der Waals surface area contributed by atoms with Crippen LogP contribution in [0.5, 0.6) is 0 Å². The second-order valence-corrected chi connectivity index (χ2v) is 14.6. The van der Waals surface area contributed by atoms with E-state index in [4.69, 9.17) is 0 Å². The molecule has 0 radical (unpaired) electrons. The summed E-state index contributed by atoms with van der Waals surface area (Å²) in [6, 6.07) is 17.3. The molecular weight excluding hydrogens is 638 g/mol. The topological polar surface area (TPSA) is 81.2 Å². The number of rotatable bonds is 14. The lowest BCUT2D eigenvalue weighted by molar-refractivity contribution is -0.145. The number of hydrogen-bond acceptors (Lipinski definition) is 5. The molecule has 3 saturated heterocycles. The third-order valence-corrected chi connectivity index (χ3v) is 12.5. The van der Waals surface area contributed by atoms with Crippen LogP contribution in [0.3, 0.4) is 0 Å². The van der Waals surface area contributed by atoms with Crippen molar-refractivity contribution in [1.29, 1.82) is 0 Å². The summed E-state index contributed by atoms with van der Waals surface area (Å²) in [5.74, 6) is -1.87. The predicted octanol–water partition coefficient (Wildman–Crippen LogP) is 5.61. The minimum absolute atomic E-state index is 0.0562. The lowest BCUT2D eigenvalue weighted by Gasteiger charge is -2.40. The van der Waals surface area contributed by atoms with Crippen LogP contribution in [0.25, 0.3) is 0 Å². The summed E-state index contributed by atoms with van der Waals surface area (Å²) in [4.78, 5) is 49.3. The second-order valence-electron chi connectivity index (χ2n) is 11.9. The molecule has 3 unspecified atom stereocenters. The molecule has 234 valence electrons. The third-order valence-electron chi connectivity index (χ3n) is 9.28. The van der Waals surface area contributed by atoms with Crippen molar-refractivity contribution < 1.29 is 19.5 Å². The van der Waals surface area contributed by atoms with E-state index >= 15 is 0 Å². The highest BCUT2D eigenvalue weighted by atomic mass is 79.9. The Morgan fingerprint density at radius 2 is 1.73 bits per heavy atom. The van der Waals surface area contributed by atoms with Crippen LogP contribution in [0, 0.1) is 11.8 Å². The second kappa shape index (κ2) is 14.0. The standard InChI is InChI=1S/C35H42BrN3O4S/c1-4-7-14-21-37(19-5-2)34(43)31-35-22-26(36)30(44-35)28(32(41)38(20-6-3)25-17-12-9-13-18-25)29(35)33(42)39(31)27(23-40)24-15-10-8-11-16-24/h5-6,8-13,15-18,26-31,40H,2-4,7,14,19-23H2,1H3/t26?,27-,28-,29+,30-,31?,35?/m1/s1. The Bertz CT molecular complexity index is 1360. The van der Waals surface area contributed by atoms with E-state index in [-0.39, 0.29) is 34.4 Å². The number of hydrogen-bond donors (Lipinski definition) is 1. The fourth-order valence-corrected chi connectivity index (χ4v) is 11.0. The van der Waals surface area contributed by atoms with E-state index < -0.39 is 28.7 Å². The molecule has 3 aliphatic heterocycles. The van der Waals surface area contributed by atoms with Gasteiger partial charge in [-0.15, -0.1) is 24.9 Å². The molecule has 7 atom stereocenters. The molecule has 5 rings (SSSR count). The van der Waals surface area contributed by atoms with Gasteiger partial charge in [0.2, 0.25) is 17.7 Å². The van der Waals surface area contributed by atoms with Crippen molar-refractivity contribution in [3.05, 3.63) is 91.5 Å². The number of likely N-dealkylation sites (tertiary alicyclic amines) is 1. The van der Waals surface area contributed by atoms with Gasteiger partial charge in [0.1, 0.15) is 6.04 Å². The number of thioether (sulfide) groups is 1. The molecule has 1 spiro atoms. The molecule has 3 heterocycles. The van der Waals surface area contributed by atoms with Gasteiger partial charge in [0.25, 0.3) is 0 Å². The summed E-state index contributed by atoms with van der Waals surface area (Å²) in [6.07, 6.45) is 6.86. The Kier molecular flexibility index (Phi) is 10.4. The fourth-order valence-electron chi connectivity index (χ4n) is 7.41. The van der Waals surface area contributed by atoms with E-state index in [1.54, 1.807) is 33.7 Å². The van der Waals surface area contributed by atoms with Gasteiger partial charge in [-0.1, -0.05) is 96.4 Å². The molecule has 9 heteroatoms. The molecule has 1 N–H and O–H groups in total. The van der Waals surface area contributed by atoms with Crippen LogP contribution >= 0.6 is 27.7 Å². The van der Waals surface area contributed by atoms with Crippen molar-refractivity contribution in [2.24, 2.45) is 11.8 Å². The number of alkyl halides is 1. The van der Waals surface area contributed by atoms with Crippen molar-refractivity contribution in [2.75, 3.05) is 31.1 Å². The molecule has 3 fully saturated rings. The number of carbonyl (C=O) groups is 3. The predicted molar refractivity (Wildman–Crippen MR) is 181 cm³/mol. The van der Waals surface area contributed by atoms with Crippen molar-refractivity contribution in [2.45, 2.75) is 59.5 Å². The Morgan fingerprint density at radius 1 is 1.07 bits per heavy atom. The number of aliphatic hydroxyl groups is 1. The number of unbranched alkanes of at least 4 members (excludes halogenated alkanes) is 2. The van der Waals surface area contributed by atoms with E-state index in [1.165, 1.54) is 0 Å². The Labute approximate surface area is 273 Å². The molecule has 7 nitrogen and oxygen atoms in total. The number of fused-ring (bicyclic) bond motifs is 1. The first kappa shape index (κ1) is 32.5. The summed E-state index contributed by atoms with van der Waals surface area (Å²) in [5.41, 5.74) is 1.50. The average Bonchev–Trinajstić information content (AvgIpc) is 3.64. The van der Waals surface area contributed by atoms with Crippen LogP contribution in [-0.2, 0) is 14.4 Å². The van der Waals surface area contributed by atoms with Gasteiger partial charge in [0.15, 0.2) is 0 Å². The number of carbonyl (C=O) groups excluding carboxylic acids is 3. The highest BCUT2D eigenvalue weighted by molar-refractivity contribution is 9.09. The van der Waals surface area contributed by atoms with Crippen molar-refractivity contribution >= 4 is 51.1 Å². The monoisotopic (exact) mass is 679 g/mol. The molecule has 0 saturated carbocycles. The third kappa shape index (κ3) is 5.67. The van der Waals surface area contributed by atoms with Gasteiger partial charge >= 0.3 is 0 Å². The van der Waals surface area contributed by atoms with Crippen molar-refractivity contribution in [1.82, 2.24) is 9.80 Å². The minimum atomic E-state index is -0.837. The Balaban J connectivity index is 1.62. The van der Waals surface area contributed by atoms with Crippen LogP contribution in [-0.4, -0.2) is 79.7 Å². The zero-order valence-electron chi connectivity index (χ0n) is 25.3. The summed E-state index contributed by atoms with van der Waals surface area (Å²) in [7, 11) is 0. The summed E-state index contributed by atoms with van der Waals surface area (Å²) >= 11 is 5.50.